The Hall–Kier alpha value is -9.26. The summed E-state index contributed by atoms with van der Waals surface area (Å²) in [5, 5.41) is 37.5. The highest BCUT2D eigenvalue weighted by Crippen LogP contribution is 2.28. The van der Waals surface area contributed by atoms with Crippen molar-refractivity contribution in [1.82, 2.24) is 75.2 Å². The van der Waals surface area contributed by atoms with Gasteiger partial charge in [-0.05, 0) is 157 Å². The number of pyridine rings is 2. The molecule has 10 aromatic rings. The standard InChI is InChI=1S/C21H21N5O2S.C16H21N3O3S.C12H15N3OS.C11H16ClN3O3.C4H3ClN2O/c1-14-10-19(29-13-14)16-4-5-20(27)26(24-16)9-8-25(2)18-6-7-22-17-11-15(28-3)12-23-21(17)18;1-11-9-13(23-10-11)12-5-6-14(20)19(18-12)8-7-17-15(21)22-16(2,3)4;1-9-7-11(17-8-9)10-3-4-12(16)15(14-10)6-5-13-2;1-11(2,3)18-10(17)13-6-7-15-9(16)5-4-8(12)14-15;5-3-1-2-4(8)7-6-3/h4-7,10-13H,8-9H2,1-3H3;5-6,9-10H,7-8H2,1-4H3,(H,17,21);3-4,7-8,13H,5-6H2,1-2H3;4-5H,6-7H2,1-3H3,(H,13,17);1-2H,(H,7,8). The highest BCUT2D eigenvalue weighted by atomic mass is 35.5. The smallest absolute Gasteiger partial charge is 0.407 e. The monoisotopic (exact) mass is 1390 g/mol. The van der Waals surface area contributed by atoms with Crippen molar-refractivity contribution in [3.63, 3.8) is 0 Å². The minimum absolute atomic E-state index is 0.0581. The number of rotatable bonds is 17. The van der Waals surface area contributed by atoms with Crippen LogP contribution in [0.25, 0.3) is 42.7 Å². The largest absolute Gasteiger partial charge is 0.495 e. The summed E-state index contributed by atoms with van der Waals surface area (Å²) in [5.41, 5.74) is 6.52. The number of hydrogen-bond donors (Lipinski definition) is 4. The molecule has 0 radical (unpaired) electrons. The molecule has 10 aromatic heterocycles. The van der Waals surface area contributed by atoms with Gasteiger partial charge in [-0.15, -0.1) is 34.0 Å². The first kappa shape index (κ1) is 74.8. The molecule has 0 saturated carbocycles. The van der Waals surface area contributed by atoms with E-state index in [1.54, 1.807) is 125 Å². The maximum absolute atomic E-state index is 12.3. The SMILES string of the molecule is CC(C)(C)OC(=O)NCCn1nc(Cl)ccc1=O.CNCCn1nc(-c2cc(C)cs2)ccc1=O.COc1cnc2c(N(C)CCn3nc(-c4cc(C)cs4)ccc3=O)ccnc2c1.Cc1csc(-c2ccc(=O)n(CCNC(=O)OC(C)(C)C)n2)c1.O=c1ccc(Cl)n[nH]1. The van der Waals surface area contributed by atoms with Crippen molar-refractivity contribution in [1.29, 1.82) is 0 Å². The van der Waals surface area contributed by atoms with Crippen molar-refractivity contribution in [2.45, 2.75) is 99.7 Å². The fraction of sp³-hybridized carbons (Fsp3) is 0.344. The molecule has 2 amide bonds. The van der Waals surface area contributed by atoms with Gasteiger partial charge in [0.2, 0.25) is 0 Å². The molecule has 0 saturated heterocycles. The zero-order chi connectivity index (χ0) is 69.4. The molecule has 504 valence electrons. The van der Waals surface area contributed by atoms with Gasteiger partial charge in [0, 0.05) is 75.8 Å². The Kier molecular flexibility index (Phi) is 28.2. The molecule has 95 heavy (non-hydrogen) atoms. The van der Waals surface area contributed by atoms with Gasteiger partial charge in [-0.2, -0.15) is 25.5 Å². The van der Waals surface area contributed by atoms with Crippen LogP contribution >= 0.6 is 57.2 Å². The first-order chi connectivity index (χ1) is 45.1. The molecule has 0 aliphatic rings. The summed E-state index contributed by atoms with van der Waals surface area (Å²) < 4.78 is 21.0. The van der Waals surface area contributed by atoms with Gasteiger partial charge in [-0.3, -0.25) is 29.0 Å². The summed E-state index contributed by atoms with van der Waals surface area (Å²) in [4.78, 5) is 94.4. The number of H-pyrrole nitrogens is 1. The lowest BCUT2D eigenvalue weighted by Crippen LogP contribution is -2.36. The van der Waals surface area contributed by atoms with Crippen LogP contribution in [0.4, 0.5) is 15.3 Å². The van der Waals surface area contributed by atoms with Crippen molar-refractivity contribution in [2.75, 3.05) is 52.3 Å². The minimum atomic E-state index is -0.546. The molecule has 0 atom stereocenters. The topological polar surface area (TPSA) is 312 Å². The van der Waals surface area contributed by atoms with Gasteiger partial charge in [0.1, 0.15) is 49.9 Å². The molecule has 10 rings (SSSR count). The van der Waals surface area contributed by atoms with Gasteiger partial charge in [0.25, 0.3) is 27.8 Å². The van der Waals surface area contributed by atoms with E-state index in [1.165, 1.54) is 60.2 Å². The lowest BCUT2D eigenvalue weighted by atomic mass is 10.2. The number of aryl methyl sites for hydroxylation is 3. The highest BCUT2D eigenvalue weighted by molar-refractivity contribution is 7.14. The van der Waals surface area contributed by atoms with Gasteiger partial charge in [0.05, 0.1) is 65.3 Å². The summed E-state index contributed by atoms with van der Waals surface area (Å²) in [6.45, 7) is 20.3. The number of likely N-dealkylation sites (N-methyl/N-ethyl adjacent to an activating group) is 2. The molecule has 31 heteroatoms. The van der Waals surface area contributed by atoms with E-state index >= 15 is 0 Å². The summed E-state index contributed by atoms with van der Waals surface area (Å²) in [5.74, 6) is 0.668. The Morgan fingerprint density at radius 1 is 0.568 bits per heavy atom. The molecule has 0 aliphatic carbocycles. The number of fused-ring (bicyclic) bond motifs is 1. The number of alkyl carbamates (subject to hydrolysis) is 2. The van der Waals surface area contributed by atoms with Gasteiger partial charge in [0.15, 0.2) is 0 Å². The summed E-state index contributed by atoms with van der Waals surface area (Å²) in [7, 11) is 5.44. The van der Waals surface area contributed by atoms with E-state index in [1.807, 2.05) is 51.5 Å². The highest BCUT2D eigenvalue weighted by Gasteiger charge is 2.18. The van der Waals surface area contributed by atoms with Crippen LogP contribution in [0, 0.1) is 20.8 Å². The first-order valence-electron chi connectivity index (χ1n) is 29.5. The second kappa shape index (κ2) is 35.9. The zero-order valence-corrected chi connectivity index (χ0v) is 58.6. The average Bonchev–Trinajstić information content (AvgIpc) is 1.28. The molecule has 0 aliphatic heterocycles. The van der Waals surface area contributed by atoms with Crippen molar-refractivity contribution in [2.24, 2.45) is 0 Å². The van der Waals surface area contributed by atoms with E-state index < -0.39 is 23.4 Å². The number of carbonyl (C=O) groups excluding carboxylic acids is 2. The van der Waals surface area contributed by atoms with E-state index in [-0.39, 0.29) is 59.1 Å². The average molecular weight is 1400 g/mol. The van der Waals surface area contributed by atoms with Crippen molar-refractivity contribution >= 4 is 86.1 Å². The number of amides is 2. The lowest BCUT2D eigenvalue weighted by molar-refractivity contribution is 0.0514. The number of carbonyl (C=O) groups is 2. The number of aromatic nitrogens is 12. The van der Waals surface area contributed by atoms with Crippen LogP contribution in [0.15, 0.2) is 144 Å². The number of nitrogens with one attached hydrogen (secondary N) is 4. The van der Waals surface area contributed by atoms with Gasteiger partial charge in [-0.25, -0.2) is 38.4 Å². The first-order valence-corrected chi connectivity index (χ1v) is 32.9. The minimum Gasteiger partial charge on any atom is -0.495 e. The van der Waals surface area contributed by atoms with Gasteiger partial charge in [-0.1, -0.05) is 23.2 Å². The van der Waals surface area contributed by atoms with Crippen LogP contribution in [-0.4, -0.2) is 130 Å². The predicted molar refractivity (Wildman–Crippen MR) is 375 cm³/mol. The Balaban J connectivity index is 0.000000196. The van der Waals surface area contributed by atoms with Crippen LogP contribution < -0.4 is 53.4 Å². The maximum Gasteiger partial charge on any atom is 0.407 e. The maximum atomic E-state index is 12.3. The second-order valence-corrected chi connectivity index (χ2v) is 26.2. The summed E-state index contributed by atoms with van der Waals surface area (Å²) in [6.07, 6.45) is 2.40. The van der Waals surface area contributed by atoms with Crippen LogP contribution in [0.5, 0.6) is 5.75 Å². The van der Waals surface area contributed by atoms with E-state index in [4.69, 9.17) is 37.4 Å². The van der Waals surface area contributed by atoms with Crippen LogP contribution in [0.1, 0.15) is 58.2 Å². The molecule has 0 spiro atoms. The third-order valence-electron chi connectivity index (χ3n) is 12.4. The Bertz CT molecular complexity index is 4450. The molecule has 4 N–H and O–H groups in total. The van der Waals surface area contributed by atoms with Crippen LogP contribution in [-0.2, 0) is 35.7 Å². The normalized spacial score (nSPS) is 10.9. The predicted octanol–water partition coefficient (Wildman–Crippen LogP) is 9.52. The van der Waals surface area contributed by atoms with Gasteiger partial charge >= 0.3 is 12.2 Å². The fourth-order valence-electron chi connectivity index (χ4n) is 7.99. The third kappa shape index (κ3) is 25.2. The number of nitrogens with zero attached hydrogens (tertiary/aromatic N) is 12. The number of ether oxygens (including phenoxy) is 3. The number of halogens is 2. The number of methoxy groups -OCH3 is 1. The number of anilines is 1. The summed E-state index contributed by atoms with van der Waals surface area (Å²) in [6, 6.07) is 25.4. The van der Waals surface area contributed by atoms with E-state index in [2.05, 4.69) is 91.2 Å². The van der Waals surface area contributed by atoms with E-state index in [0.717, 1.165) is 60.5 Å². The van der Waals surface area contributed by atoms with E-state index in [0.29, 0.717) is 30.5 Å². The van der Waals surface area contributed by atoms with Gasteiger partial charge < -0.3 is 35.1 Å². The number of aromatic amines is 1. The second-order valence-electron chi connectivity index (χ2n) is 22.7. The Morgan fingerprint density at radius 2 is 1.00 bits per heavy atom. The van der Waals surface area contributed by atoms with Crippen molar-refractivity contribution < 1.29 is 23.8 Å². The van der Waals surface area contributed by atoms with Crippen LogP contribution in [0.2, 0.25) is 10.3 Å². The zero-order valence-electron chi connectivity index (χ0n) is 54.6. The number of thiophene rings is 3. The Labute approximate surface area is 569 Å². The lowest BCUT2D eigenvalue weighted by Gasteiger charge is -2.20. The summed E-state index contributed by atoms with van der Waals surface area (Å²) >= 11 is 15.9. The molecular formula is C64H76Cl2N16O10S3. The Morgan fingerprint density at radius 3 is 1.40 bits per heavy atom. The molecule has 0 unspecified atom stereocenters. The third-order valence-corrected chi connectivity index (χ3v) is 16.0. The fourth-order valence-corrected chi connectivity index (χ4v) is 10.8. The molecule has 10 heterocycles. The quantitative estimate of drug-likeness (QED) is 0.0659. The molecule has 0 bridgehead atoms. The molecule has 0 fully saturated rings. The molecule has 26 nitrogen and oxygen atoms in total. The molecular weight excluding hydrogens is 1320 g/mol. The van der Waals surface area contributed by atoms with Crippen molar-refractivity contribution in [3.8, 4) is 37.5 Å². The van der Waals surface area contributed by atoms with Crippen LogP contribution in [0.3, 0.4) is 0 Å². The van der Waals surface area contributed by atoms with E-state index in [9.17, 15) is 33.6 Å². The molecule has 0 aromatic carbocycles. The van der Waals surface area contributed by atoms with Crippen molar-refractivity contribution in [3.05, 3.63) is 198 Å². The number of hydrogen-bond acceptors (Lipinski definition) is 22.